The molecular formula is C29H33F3N6O4. The minimum Gasteiger partial charge on any atom is -0.444 e. The van der Waals surface area contributed by atoms with Crippen molar-refractivity contribution in [2.24, 2.45) is 0 Å². The average molecular weight is 587 g/mol. The van der Waals surface area contributed by atoms with E-state index in [9.17, 15) is 22.8 Å². The van der Waals surface area contributed by atoms with Gasteiger partial charge in [0, 0.05) is 43.1 Å². The van der Waals surface area contributed by atoms with Crippen molar-refractivity contribution in [3.05, 3.63) is 66.0 Å². The molecule has 1 aliphatic heterocycles. The Morgan fingerprint density at radius 3 is 2.26 bits per heavy atom. The van der Waals surface area contributed by atoms with Crippen LogP contribution in [0.1, 0.15) is 38.8 Å². The number of piperazine rings is 1. The number of rotatable bonds is 5. The van der Waals surface area contributed by atoms with E-state index >= 15 is 0 Å². The molecule has 224 valence electrons. The number of halogens is 3. The van der Waals surface area contributed by atoms with Gasteiger partial charge in [-0.05, 0) is 76.6 Å². The van der Waals surface area contributed by atoms with Gasteiger partial charge in [0.1, 0.15) is 23.5 Å². The molecule has 4 rings (SSSR count). The van der Waals surface area contributed by atoms with Crippen molar-refractivity contribution >= 4 is 29.3 Å². The van der Waals surface area contributed by atoms with Crippen LogP contribution in [0.5, 0.6) is 11.6 Å². The van der Waals surface area contributed by atoms with E-state index in [-0.39, 0.29) is 23.4 Å². The third-order valence-electron chi connectivity index (χ3n) is 6.34. The van der Waals surface area contributed by atoms with Crippen LogP contribution in [-0.4, -0.2) is 58.3 Å². The third kappa shape index (κ3) is 8.02. The first-order valence-electron chi connectivity index (χ1n) is 13.3. The lowest BCUT2D eigenvalue weighted by molar-refractivity contribution is -0.138. The summed E-state index contributed by atoms with van der Waals surface area (Å²) in [6.07, 6.45) is -3.47. The summed E-state index contributed by atoms with van der Waals surface area (Å²) in [6.45, 7) is 10.4. The van der Waals surface area contributed by atoms with Crippen molar-refractivity contribution < 1.29 is 32.2 Å². The molecule has 13 heteroatoms. The second-order valence-corrected chi connectivity index (χ2v) is 10.9. The molecule has 42 heavy (non-hydrogen) atoms. The van der Waals surface area contributed by atoms with Gasteiger partial charge in [0.15, 0.2) is 0 Å². The van der Waals surface area contributed by atoms with Crippen LogP contribution in [0.15, 0.2) is 54.9 Å². The number of hydrogen-bond acceptors (Lipinski definition) is 7. The van der Waals surface area contributed by atoms with Crippen LogP contribution >= 0.6 is 0 Å². The van der Waals surface area contributed by atoms with Gasteiger partial charge < -0.3 is 29.9 Å². The number of nitrogens with zero attached hydrogens (tertiary/aromatic N) is 4. The first-order valence-corrected chi connectivity index (χ1v) is 13.3. The molecular weight excluding hydrogens is 553 g/mol. The van der Waals surface area contributed by atoms with Crippen molar-refractivity contribution in [1.29, 1.82) is 0 Å². The summed E-state index contributed by atoms with van der Waals surface area (Å²) in [4.78, 5) is 37.1. The average Bonchev–Trinajstić information content (AvgIpc) is 2.89. The Hall–Kier alpha value is -4.55. The summed E-state index contributed by atoms with van der Waals surface area (Å²) in [7, 11) is 0. The highest BCUT2D eigenvalue weighted by atomic mass is 19.4. The monoisotopic (exact) mass is 586 g/mol. The summed E-state index contributed by atoms with van der Waals surface area (Å²) in [5, 5.41) is 4.99. The van der Waals surface area contributed by atoms with Gasteiger partial charge in [-0.15, -0.1) is 0 Å². The SMILES string of the molecule is Cc1ccc(NC(=O)Nc2ccc(Oc3cc(N4CCN(C(=O)OC(C)(C)C)CC4C)ncn3)cc2)cc1C(F)(F)F. The van der Waals surface area contributed by atoms with Gasteiger partial charge in [-0.1, -0.05) is 6.07 Å². The summed E-state index contributed by atoms with van der Waals surface area (Å²) in [6, 6.07) is 11.0. The largest absolute Gasteiger partial charge is 0.444 e. The fraction of sp³-hybridized carbons (Fsp3) is 0.379. The van der Waals surface area contributed by atoms with Crippen LogP contribution in [0, 0.1) is 6.92 Å². The number of aryl methyl sites for hydroxylation is 1. The number of alkyl halides is 3. The van der Waals surface area contributed by atoms with Crippen LogP contribution in [0.4, 0.5) is 40.0 Å². The lowest BCUT2D eigenvalue weighted by atomic mass is 10.1. The van der Waals surface area contributed by atoms with Crippen molar-refractivity contribution in [1.82, 2.24) is 14.9 Å². The maximum Gasteiger partial charge on any atom is 0.416 e. The van der Waals surface area contributed by atoms with E-state index in [1.54, 1.807) is 35.2 Å². The Balaban J connectivity index is 1.33. The second-order valence-electron chi connectivity index (χ2n) is 10.9. The number of anilines is 3. The Morgan fingerprint density at radius 2 is 1.62 bits per heavy atom. The van der Waals surface area contributed by atoms with Gasteiger partial charge in [-0.3, -0.25) is 0 Å². The van der Waals surface area contributed by atoms with E-state index < -0.39 is 23.4 Å². The summed E-state index contributed by atoms with van der Waals surface area (Å²) in [5.74, 6) is 1.40. The molecule has 1 aliphatic rings. The Labute approximate surface area is 241 Å². The van der Waals surface area contributed by atoms with E-state index in [4.69, 9.17) is 9.47 Å². The molecule has 0 aliphatic carbocycles. The molecule has 2 heterocycles. The molecule has 2 N–H and O–H groups in total. The maximum absolute atomic E-state index is 13.2. The number of amides is 3. The molecule has 10 nitrogen and oxygen atoms in total. The highest BCUT2D eigenvalue weighted by Crippen LogP contribution is 2.33. The molecule has 1 atom stereocenters. The maximum atomic E-state index is 13.2. The molecule has 2 aromatic carbocycles. The van der Waals surface area contributed by atoms with Gasteiger partial charge in [0.25, 0.3) is 0 Å². The molecule has 0 bridgehead atoms. The highest BCUT2D eigenvalue weighted by molar-refractivity contribution is 5.99. The molecule has 1 aromatic heterocycles. The number of hydrogen-bond donors (Lipinski definition) is 2. The molecule has 0 radical (unpaired) electrons. The van der Waals surface area contributed by atoms with Gasteiger partial charge >= 0.3 is 18.3 Å². The van der Waals surface area contributed by atoms with Crippen molar-refractivity contribution in [2.45, 2.75) is 52.4 Å². The highest BCUT2D eigenvalue weighted by Gasteiger charge is 2.33. The van der Waals surface area contributed by atoms with Crippen LogP contribution in [0.25, 0.3) is 0 Å². The fourth-order valence-electron chi connectivity index (χ4n) is 4.36. The standard InChI is InChI=1S/C29H33F3N6O4/c1-18-6-7-21(14-23(18)29(30,31)32)36-26(39)35-20-8-10-22(11-9-20)41-25-15-24(33-17-34-25)38-13-12-37(16-19(38)2)27(40)42-28(3,4)5/h6-11,14-15,17,19H,12-13,16H2,1-5H3,(H2,35,36,39). The minimum atomic E-state index is -4.52. The van der Waals surface area contributed by atoms with E-state index in [1.165, 1.54) is 25.4 Å². The Kier molecular flexibility index (Phi) is 8.78. The Bertz CT molecular complexity index is 1430. The van der Waals surface area contributed by atoms with Crippen LogP contribution in [0.2, 0.25) is 0 Å². The molecule has 3 aromatic rings. The number of nitrogens with one attached hydrogen (secondary N) is 2. The smallest absolute Gasteiger partial charge is 0.416 e. The third-order valence-corrected chi connectivity index (χ3v) is 6.34. The lowest BCUT2D eigenvalue weighted by Crippen LogP contribution is -2.54. The van der Waals surface area contributed by atoms with Crippen molar-refractivity contribution in [2.75, 3.05) is 35.2 Å². The number of carbonyl (C=O) groups excluding carboxylic acids is 2. The molecule has 0 spiro atoms. The van der Waals surface area contributed by atoms with E-state index in [2.05, 4.69) is 25.5 Å². The number of ether oxygens (including phenoxy) is 2. The number of urea groups is 1. The van der Waals surface area contributed by atoms with Gasteiger partial charge in [-0.2, -0.15) is 13.2 Å². The normalized spacial score (nSPS) is 15.7. The number of carbonyl (C=O) groups is 2. The molecule has 3 amide bonds. The summed E-state index contributed by atoms with van der Waals surface area (Å²) in [5.41, 5.74) is -0.890. The number of aromatic nitrogens is 2. The predicted molar refractivity (Wildman–Crippen MR) is 152 cm³/mol. The van der Waals surface area contributed by atoms with Crippen molar-refractivity contribution in [3.63, 3.8) is 0 Å². The lowest BCUT2D eigenvalue weighted by Gasteiger charge is -2.40. The Morgan fingerprint density at radius 1 is 0.952 bits per heavy atom. The van der Waals surface area contributed by atoms with Crippen molar-refractivity contribution in [3.8, 4) is 11.6 Å². The van der Waals surface area contributed by atoms with Gasteiger partial charge in [0.2, 0.25) is 5.88 Å². The topological polar surface area (TPSA) is 109 Å². The van der Waals surface area contributed by atoms with E-state index in [0.29, 0.717) is 42.8 Å². The van der Waals surface area contributed by atoms with Gasteiger partial charge in [-0.25, -0.2) is 19.6 Å². The molecule has 0 saturated carbocycles. The number of benzene rings is 2. The quantitative estimate of drug-likeness (QED) is 0.343. The van der Waals surface area contributed by atoms with Gasteiger partial charge in [0.05, 0.1) is 5.56 Å². The zero-order valence-corrected chi connectivity index (χ0v) is 24.0. The zero-order valence-electron chi connectivity index (χ0n) is 24.0. The van der Waals surface area contributed by atoms with Crippen LogP contribution in [0.3, 0.4) is 0 Å². The fourth-order valence-corrected chi connectivity index (χ4v) is 4.36. The van der Waals surface area contributed by atoms with Crippen LogP contribution in [-0.2, 0) is 10.9 Å². The summed E-state index contributed by atoms with van der Waals surface area (Å²) >= 11 is 0. The summed E-state index contributed by atoms with van der Waals surface area (Å²) < 4.78 is 50.8. The molecule has 1 fully saturated rings. The van der Waals surface area contributed by atoms with E-state index in [1.807, 2.05) is 27.7 Å². The van der Waals surface area contributed by atoms with E-state index in [0.717, 1.165) is 6.07 Å². The first kappa shape index (κ1) is 30.4. The first-order chi connectivity index (χ1) is 19.7. The predicted octanol–water partition coefficient (Wildman–Crippen LogP) is 6.69. The minimum absolute atomic E-state index is 0.0190. The second kappa shape index (κ2) is 12.1. The molecule has 1 saturated heterocycles. The molecule has 1 unspecified atom stereocenters. The van der Waals surface area contributed by atoms with Crippen LogP contribution < -0.4 is 20.3 Å². The zero-order chi connectivity index (χ0) is 30.7.